The van der Waals surface area contributed by atoms with Crippen molar-refractivity contribution in [1.29, 1.82) is 0 Å². The number of amides is 1. The third-order valence-electron chi connectivity index (χ3n) is 3.27. The van der Waals surface area contributed by atoms with Crippen LogP contribution < -0.4 is 5.32 Å². The molecular formula is C16H29NO4. The van der Waals surface area contributed by atoms with Crippen molar-refractivity contribution in [3.05, 3.63) is 0 Å². The SMILES string of the molecule is CC(C)CC(NC(=O)OC(C)(C)C)C(=O)OC1CCCC1. The number of rotatable bonds is 5. The summed E-state index contributed by atoms with van der Waals surface area (Å²) in [7, 11) is 0. The Kier molecular flexibility index (Phi) is 6.49. The molecule has 0 heterocycles. The number of carbonyl (C=O) groups is 2. The van der Waals surface area contributed by atoms with E-state index in [0.29, 0.717) is 6.42 Å². The van der Waals surface area contributed by atoms with E-state index in [9.17, 15) is 9.59 Å². The lowest BCUT2D eigenvalue weighted by molar-refractivity contribution is -0.151. The van der Waals surface area contributed by atoms with E-state index in [4.69, 9.17) is 9.47 Å². The Morgan fingerprint density at radius 1 is 1.19 bits per heavy atom. The van der Waals surface area contributed by atoms with Gasteiger partial charge in [-0.15, -0.1) is 0 Å². The van der Waals surface area contributed by atoms with Gasteiger partial charge in [0.15, 0.2) is 0 Å². The minimum Gasteiger partial charge on any atom is -0.461 e. The van der Waals surface area contributed by atoms with Crippen molar-refractivity contribution < 1.29 is 19.1 Å². The van der Waals surface area contributed by atoms with Crippen LogP contribution in [0.5, 0.6) is 0 Å². The standard InChI is InChI=1S/C16H29NO4/c1-11(2)10-13(17-15(19)21-16(3,4)5)14(18)20-12-8-6-7-9-12/h11-13H,6-10H2,1-5H3,(H,17,19). The number of hydrogen-bond donors (Lipinski definition) is 1. The van der Waals surface area contributed by atoms with Crippen LogP contribution in [0.3, 0.4) is 0 Å². The molecule has 1 rings (SSSR count). The van der Waals surface area contributed by atoms with E-state index in [0.717, 1.165) is 25.7 Å². The molecule has 0 saturated heterocycles. The topological polar surface area (TPSA) is 64.6 Å². The van der Waals surface area contributed by atoms with Crippen LogP contribution in [-0.4, -0.2) is 29.8 Å². The van der Waals surface area contributed by atoms with Crippen molar-refractivity contribution in [3.8, 4) is 0 Å². The maximum Gasteiger partial charge on any atom is 0.408 e. The molecule has 5 heteroatoms. The molecule has 0 bridgehead atoms. The molecular weight excluding hydrogens is 270 g/mol. The van der Waals surface area contributed by atoms with Gasteiger partial charge in [-0.25, -0.2) is 9.59 Å². The molecule has 0 radical (unpaired) electrons. The first-order chi connectivity index (χ1) is 9.67. The van der Waals surface area contributed by atoms with Gasteiger partial charge in [0.05, 0.1) is 0 Å². The van der Waals surface area contributed by atoms with E-state index < -0.39 is 17.7 Å². The summed E-state index contributed by atoms with van der Waals surface area (Å²) in [6.07, 6.45) is 4.03. The molecule has 1 fully saturated rings. The van der Waals surface area contributed by atoms with Crippen molar-refractivity contribution in [3.63, 3.8) is 0 Å². The van der Waals surface area contributed by atoms with Gasteiger partial charge in [-0.05, 0) is 58.8 Å². The first-order valence-corrected chi connectivity index (χ1v) is 7.87. The van der Waals surface area contributed by atoms with Gasteiger partial charge in [-0.3, -0.25) is 0 Å². The summed E-state index contributed by atoms with van der Waals surface area (Å²) < 4.78 is 10.7. The molecule has 5 nitrogen and oxygen atoms in total. The maximum atomic E-state index is 12.2. The Hall–Kier alpha value is -1.26. The maximum absolute atomic E-state index is 12.2. The van der Waals surface area contributed by atoms with Crippen LogP contribution in [0.1, 0.15) is 66.7 Å². The third kappa shape index (κ3) is 7.34. The summed E-state index contributed by atoms with van der Waals surface area (Å²) in [4.78, 5) is 24.1. The van der Waals surface area contributed by atoms with Crippen LogP contribution in [0.4, 0.5) is 4.79 Å². The number of carbonyl (C=O) groups excluding carboxylic acids is 2. The molecule has 1 aliphatic carbocycles. The third-order valence-corrected chi connectivity index (χ3v) is 3.27. The van der Waals surface area contributed by atoms with Gasteiger partial charge in [-0.1, -0.05) is 13.8 Å². The highest BCUT2D eigenvalue weighted by Crippen LogP contribution is 2.22. The molecule has 1 atom stereocenters. The Morgan fingerprint density at radius 2 is 1.76 bits per heavy atom. The summed E-state index contributed by atoms with van der Waals surface area (Å²) in [6.45, 7) is 9.39. The lowest BCUT2D eigenvalue weighted by Gasteiger charge is -2.24. The molecule has 0 aromatic rings. The number of ether oxygens (including phenoxy) is 2. The second kappa shape index (κ2) is 7.66. The highest BCUT2D eigenvalue weighted by atomic mass is 16.6. The van der Waals surface area contributed by atoms with Gasteiger partial charge >= 0.3 is 12.1 Å². The van der Waals surface area contributed by atoms with E-state index in [2.05, 4.69) is 5.32 Å². The van der Waals surface area contributed by atoms with Crippen molar-refractivity contribution >= 4 is 12.1 Å². The number of alkyl carbamates (subject to hydrolysis) is 1. The molecule has 21 heavy (non-hydrogen) atoms. The minimum atomic E-state index is -0.638. The fourth-order valence-corrected chi connectivity index (χ4v) is 2.39. The average molecular weight is 299 g/mol. The molecule has 1 aliphatic rings. The number of hydrogen-bond acceptors (Lipinski definition) is 4. The van der Waals surface area contributed by atoms with Crippen LogP contribution in [0.25, 0.3) is 0 Å². The van der Waals surface area contributed by atoms with Gasteiger partial charge in [-0.2, -0.15) is 0 Å². The molecule has 122 valence electrons. The fraction of sp³-hybridized carbons (Fsp3) is 0.875. The first kappa shape index (κ1) is 17.8. The summed E-state index contributed by atoms with van der Waals surface area (Å²) in [6, 6.07) is -0.638. The largest absolute Gasteiger partial charge is 0.461 e. The van der Waals surface area contributed by atoms with Gasteiger partial charge < -0.3 is 14.8 Å². The van der Waals surface area contributed by atoms with Crippen molar-refractivity contribution in [2.24, 2.45) is 5.92 Å². The molecule has 0 aromatic carbocycles. The molecule has 1 amide bonds. The summed E-state index contributed by atoms with van der Waals surface area (Å²) in [5.41, 5.74) is -0.582. The van der Waals surface area contributed by atoms with E-state index in [-0.39, 0.29) is 18.0 Å². The summed E-state index contributed by atoms with van der Waals surface area (Å²) in [5, 5.41) is 2.64. The molecule has 1 unspecified atom stereocenters. The predicted molar refractivity (Wildman–Crippen MR) is 81.0 cm³/mol. The summed E-state index contributed by atoms with van der Waals surface area (Å²) >= 11 is 0. The lowest BCUT2D eigenvalue weighted by atomic mass is 10.0. The molecule has 0 spiro atoms. The Balaban J connectivity index is 2.57. The Bertz CT molecular complexity index is 354. The van der Waals surface area contributed by atoms with Crippen LogP contribution in [-0.2, 0) is 14.3 Å². The number of nitrogens with one attached hydrogen (secondary N) is 1. The van der Waals surface area contributed by atoms with Crippen molar-refractivity contribution in [2.75, 3.05) is 0 Å². The first-order valence-electron chi connectivity index (χ1n) is 7.87. The van der Waals surface area contributed by atoms with Crippen LogP contribution >= 0.6 is 0 Å². The van der Waals surface area contributed by atoms with E-state index >= 15 is 0 Å². The lowest BCUT2D eigenvalue weighted by Crippen LogP contribution is -2.45. The molecule has 0 aliphatic heterocycles. The zero-order chi connectivity index (χ0) is 16.0. The van der Waals surface area contributed by atoms with Gasteiger partial charge in [0, 0.05) is 0 Å². The average Bonchev–Trinajstić information content (AvgIpc) is 2.77. The Labute approximate surface area is 127 Å². The van der Waals surface area contributed by atoms with E-state index in [1.165, 1.54) is 0 Å². The molecule has 1 N–H and O–H groups in total. The van der Waals surface area contributed by atoms with Crippen LogP contribution in [0.15, 0.2) is 0 Å². The fourth-order valence-electron chi connectivity index (χ4n) is 2.39. The van der Waals surface area contributed by atoms with Crippen molar-refractivity contribution in [1.82, 2.24) is 5.32 Å². The predicted octanol–water partition coefficient (Wildman–Crippen LogP) is 3.41. The zero-order valence-corrected chi connectivity index (χ0v) is 13.9. The minimum absolute atomic E-state index is 0.00704. The van der Waals surface area contributed by atoms with Gasteiger partial charge in [0.2, 0.25) is 0 Å². The van der Waals surface area contributed by atoms with Crippen LogP contribution in [0.2, 0.25) is 0 Å². The second-order valence-corrected chi connectivity index (χ2v) is 7.17. The van der Waals surface area contributed by atoms with Crippen LogP contribution in [0, 0.1) is 5.92 Å². The van der Waals surface area contributed by atoms with E-state index in [1.807, 2.05) is 13.8 Å². The Morgan fingerprint density at radius 3 is 2.24 bits per heavy atom. The van der Waals surface area contributed by atoms with E-state index in [1.54, 1.807) is 20.8 Å². The quantitative estimate of drug-likeness (QED) is 0.790. The molecule has 0 aromatic heterocycles. The zero-order valence-electron chi connectivity index (χ0n) is 13.9. The highest BCUT2D eigenvalue weighted by molar-refractivity contribution is 5.81. The van der Waals surface area contributed by atoms with Gasteiger partial charge in [0.25, 0.3) is 0 Å². The summed E-state index contributed by atoms with van der Waals surface area (Å²) in [5.74, 6) is -0.0671. The smallest absolute Gasteiger partial charge is 0.408 e. The monoisotopic (exact) mass is 299 g/mol. The molecule has 1 saturated carbocycles. The normalized spacial score (nSPS) is 17.6. The second-order valence-electron chi connectivity index (χ2n) is 7.17. The van der Waals surface area contributed by atoms with Gasteiger partial charge in [0.1, 0.15) is 17.7 Å². The highest BCUT2D eigenvalue weighted by Gasteiger charge is 2.29. The number of esters is 1. The van der Waals surface area contributed by atoms with Crippen molar-refractivity contribution in [2.45, 2.75) is 84.5 Å².